The summed E-state index contributed by atoms with van der Waals surface area (Å²) in [4.78, 5) is 9.12. The zero-order valence-electron chi connectivity index (χ0n) is 13.8. The number of hydrogen-bond donors (Lipinski definition) is 1. The highest BCUT2D eigenvalue weighted by Gasteiger charge is 2.44. The Balaban J connectivity index is 1.52. The van der Waals surface area contributed by atoms with Crippen LogP contribution in [0.15, 0.2) is 81.8 Å². The van der Waals surface area contributed by atoms with Gasteiger partial charge in [-0.1, -0.05) is 24.3 Å². The number of benzene rings is 1. The molecular weight excluding hydrogens is 312 g/mol. The average molecular weight is 331 g/mol. The molecule has 1 aromatic rings. The van der Waals surface area contributed by atoms with Crippen molar-refractivity contribution in [1.82, 2.24) is 0 Å². The molecule has 1 saturated carbocycles. The summed E-state index contributed by atoms with van der Waals surface area (Å²) < 4.78 is 5.96. The first-order valence-corrected chi connectivity index (χ1v) is 8.58. The zero-order chi connectivity index (χ0) is 16.9. The van der Waals surface area contributed by atoms with Crippen molar-refractivity contribution in [2.24, 2.45) is 21.7 Å². The molecule has 1 atom stereocenters. The molecule has 0 aromatic heterocycles. The molecule has 1 aromatic carbocycles. The Hall–Kier alpha value is -2.76. The van der Waals surface area contributed by atoms with Gasteiger partial charge >= 0.3 is 0 Å². The fraction of sp³-hybridized carbons (Fsp3) is 0.200. The second-order valence-electron chi connectivity index (χ2n) is 6.79. The smallest absolute Gasteiger partial charge is 0.265 e. The lowest BCUT2D eigenvalue weighted by Gasteiger charge is -2.26. The molecule has 124 valence electrons. The van der Waals surface area contributed by atoms with Crippen molar-refractivity contribution in [1.29, 1.82) is 0 Å². The predicted octanol–water partition coefficient (Wildman–Crippen LogP) is 3.19. The molecule has 0 spiro atoms. The van der Waals surface area contributed by atoms with E-state index in [4.69, 9.17) is 15.6 Å². The molecule has 5 nitrogen and oxygen atoms in total. The fourth-order valence-electron chi connectivity index (χ4n) is 3.16. The van der Waals surface area contributed by atoms with E-state index in [0.717, 1.165) is 46.6 Å². The number of hydrogen-bond acceptors (Lipinski definition) is 4. The summed E-state index contributed by atoms with van der Waals surface area (Å²) in [5.74, 6) is 9.08. The van der Waals surface area contributed by atoms with Gasteiger partial charge in [-0.2, -0.15) is 10.8 Å². The third kappa shape index (κ3) is 2.40. The van der Waals surface area contributed by atoms with E-state index in [0.29, 0.717) is 0 Å². The second-order valence-corrected chi connectivity index (χ2v) is 6.79. The standard InChI is InChI=1S/C20H19N4O/c21-24-10-9-22-12-18(24)19(15-3-1-4-15)23-20(24)16-5-2-6-17(11-16)25-13-14-7-8-14/h1-6,9-12,14H,7-8,13,21H2/q+1. The molecule has 5 heteroatoms. The summed E-state index contributed by atoms with van der Waals surface area (Å²) in [6.07, 6.45) is 14.0. The van der Waals surface area contributed by atoms with Crippen LogP contribution in [0, 0.1) is 5.92 Å². The van der Waals surface area contributed by atoms with E-state index in [1.54, 1.807) is 12.4 Å². The Morgan fingerprint density at radius 3 is 2.92 bits per heavy atom. The van der Waals surface area contributed by atoms with Crippen molar-refractivity contribution in [3.8, 4) is 5.75 Å². The van der Waals surface area contributed by atoms with E-state index in [9.17, 15) is 0 Å². The maximum atomic E-state index is 6.71. The number of rotatable bonds is 5. The number of fused-ring (bicyclic) bond motifs is 1. The summed E-state index contributed by atoms with van der Waals surface area (Å²) in [6.45, 7) is 0.789. The van der Waals surface area contributed by atoms with Gasteiger partial charge in [-0.25, -0.2) is 0 Å². The Labute approximate surface area is 146 Å². The molecule has 0 bridgehead atoms. The Morgan fingerprint density at radius 2 is 2.16 bits per heavy atom. The summed E-state index contributed by atoms with van der Waals surface area (Å²) in [5, 5.41) is 0. The summed E-state index contributed by atoms with van der Waals surface area (Å²) in [5.41, 5.74) is 3.82. The quantitative estimate of drug-likeness (QED) is 0.665. The second kappa shape index (κ2) is 5.37. The van der Waals surface area contributed by atoms with E-state index >= 15 is 0 Å². The molecule has 2 aliphatic carbocycles. The van der Waals surface area contributed by atoms with Gasteiger partial charge in [0, 0.05) is 5.57 Å². The number of nitrogens with two attached hydrogens (primary N) is 1. The highest BCUT2D eigenvalue weighted by molar-refractivity contribution is 6.01. The van der Waals surface area contributed by atoms with E-state index in [1.807, 2.05) is 48.7 Å². The van der Waals surface area contributed by atoms with E-state index < -0.39 is 0 Å². The first-order chi connectivity index (χ1) is 12.2. The van der Waals surface area contributed by atoms with Crippen molar-refractivity contribution in [2.75, 3.05) is 6.61 Å². The number of quaternary nitrogens is 1. The molecule has 0 amide bonds. The summed E-state index contributed by atoms with van der Waals surface area (Å²) >= 11 is 0. The molecule has 25 heavy (non-hydrogen) atoms. The monoisotopic (exact) mass is 331 g/mol. The van der Waals surface area contributed by atoms with Crippen LogP contribution in [0.25, 0.3) is 0 Å². The van der Waals surface area contributed by atoms with Crippen LogP contribution in [0.3, 0.4) is 0 Å². The van der Waals surface area contributed by atoms with Crippen LogP contribution in [0.1, 0.15) is 18.4 Å². The number of ether oxygens (including phenoxy) is 1. The third-order valence-corrected chi connectivity index (χ3v) is 4.89. The van der Waals surface area contributed by atoms with Crippen molar-refractivity contribution < 1.29 is 9.33 Å². The van der Waals surface area contributed by atoms with Gasteiger partial charge in [0.25, 0.3) is 5.84 Å². The van der Waals surface area contributed by atoms with Gasteiger partial charge in [-0.05, 0) is 37.0 Å². The normalized spacial score (nSPS) is 26.3. The molecule has 0 radical (unpaired) electrons. The molecule has 4 aliphatic rings. The number of nitrogens with zero attached hydrogens (tertiary/aromatic N) is 3. The van der Waals surface area contributed by atoms with Crippen LogP contribution < -0.4 is 10.6 Å². The number of aliphatic imine (C=N–C) groups is 2. The molecular formula is C20H19N4O+. The lowest BCUT2D eigenvalue weighted by atomic mass is 10.0. The summed E-state index contributed by atoms with van der Waals surface area (Å²) in [6, 6.07) is 8.04. The van der Waals surface area contributed by atoms with Crippen LogP contribution in [-0.2, 0) is 0 Å². The minimum atomic E-state index is 0.0378. The Kier molecular flexibility index (Phi) is 3.13. The minimum absolute atomic E-state index is 0.0378. The third-order valence-electron chi connectivity index (χ3n) is 4.89. The first-order valence-electron chi connectivity index (χ1n) is 8.58. The van der Waals surface area contributed by atoms with E-state index in [2.05, 4.69) is 4.99 Å². The van der Waals surface area contributed by atoms with Gasteiger partial charge in [0.2, 0.25) is 5.70 Å². The maximum absolute atomic E-state index is 6.71. The van der Waals surface area contributed by atoms with Gasteiger partial charge in [-0.15, -0.1) is 4.59 Å². The molecule has 2 heterocycles. The van der Waals surface area contributed by atoms with Crippen LogP contribution in [-0.4, -0.2) is 23.2 Å². The van der Waals surface area contributed by atoms with Gasteiger partial charge in [-0.3, -0.25) is 4.99 Å². The molecule has 1 fully saturated rings. The van der Waals surface area contributed by atoms with Gasteiger partial charge in [0.1, 0.15) is 17.6 Å². The summed E-state index contributed by atoms with van der Waals surface area (Å²) in [7, 11) is 0. The van der Waals surface area contributed by atoms with Crippen molar-refractivity contribution in [3.05, 3.63) is 77.4 Å². The van der Waals surface area contributed by atoms with E-state index in [-0.39, 0.29) is 4.59 Å². The lowest BCUT2D eigenvalue weighted by Crippen LogP contribution is -2.53. The van der Waals surface area contributed by atoms with Crippen LogP contribution in [0.5, 0.6) is 5.75 Å². The van der Waals surface area contributed by atoms with Gasteiger partial charge in [0.15, 0.2) is 0 Å². The first kappa shape index (κ1) is 14.6. The molecule has 2 aliphatic heterocycles. The predicted molar refractivity (Wildman–Crippen MR) is 97.5 cm³/mol. The zero-order valence-corrected chi connectivity index (χ0v) is 13.8. The van der Waals surface area contributed by atoms with Crippen LogP contribution in [0.4, 0.5) is 0 Å². The maximum Gasteiger partial charge on any atom is 0.265 e. The van der Waals surface area contributed by atoms with Gasteiger partial charge < -0.3 is 4.74 Å². The fourth-order valence-corrected chi connectivity index (χ4v) is 3.16. The van der Waals surface area contributed by atoms with Crippen molar-refractivity contribution >= 4 is 12.1 Å². The topological polar surface area (TPSA) is 60.0 Å². The van der Waals surface area contributed by atoms with Crippen molar-refractivity contribution in [3.63, 3.8) is 0 Å². The van der Waals surface area contributed by atoms with Gasteiger partial charge in [0.05, 0.1) is 24.6 Å². The number of allylic oxidation sites excluding steroid dienone is 4. The molecule has 2 N–H and O–H groups in total. The minimum Gasteiger partial charge on any atom is -0.493 e. The number of amidine groups is 1. The largest absolute Gasteiger partial charge is 0.493 e. The highest BCUT2D eigenvalue weighted by Crippen LogP contribution is 2.36. The van der Waals surface area contributed by atoms with Crippen molar-refractivity contribution in [2.45, 2.75) is 12.8 Å². The average Bonchev–Trinajstić information content (AvgIpc) is 3.35. The van der Waals surface area contributed by atoms with Crippen LogP contribution >= 0.6 is 0 Å². The SMILES string of the molecule is N[N+]12C=CN=CC1=C(C1=CC=C1)N=C2c1cccc(OCC2CC2)c1. The van der Waals surface area contributed by atoms with Crippen LogP contribution in [0.2, 0.25) is 0 Å². The highest BCUT2D eigenvalue weighted by atomic mass is 16.5. The lowest BCUT2D eigenvalue weighted by molar-refractivity contribution is -0.750. The Bertz CT molecular complexity index is 931. The molecule has 0 saturated heterocycles. The van der Waals surface area contributed by atoms with E-state index in [1.165, 1.54) is 12.8 Å². The Morgan fingerprint density at radius 1 is 1.28 bits per heavy atom. The molecule has 5 rings (SSSR count). The molecule has 1 unspecified atom stereocenters.